The van der Waals surface area contributed by atoms with Crippen LogP contribution in [0.2, 0.25) is 0 Å². The van der Waals surface area contributed by atoms with Gasteiger partial charge in [0.1, 0.15) is 0 Å². The highest BCUT2D eigenvalue weighted by molar-refractivity contribution is 6.15. The van der Waals surface area contributed by atoms with Crippen molar-refractivity contribution in [2.24, 2.45) is 0 Å². The lowest BCUT2D eigenvalue weighted by Crippen LogP contribution is -2.01. The summed E-state index contributed by atoms with van der Waals surface area (Å²) >= 11 is 0. The fourth-order valence-corrected chi connectivity index (χ4v) is 1.97. The van der Waals surface area contributed by atoms with E-state index in [1.54, 1.807) is 31.4 Å². The van der Waals surface area contributed by atoms with Crippen LogP contribution in [0.4, 0.5) is 0 Å². The van der Waals surface area contributed by atoms with E-state index in [4.69, 9.17) is 9.47 Å². The monoisotopic (exact) mass is 278 g/mol. The van der Waals surface area contributed by atoms with Crippen molar-refractivity contribution in [3.8, 4) is 11.5 Å². The third-order valence-electron chi connectivity index (χ3n) is 3.08. The van der Waals surface area contributed by atoms with Gasteiger partial charge in [-0.2, -0.15) is 0 Å². The largest absolute Gasteiger partial charge is 0.493 e. The molecule has 1 rings (SSSR count). The Morgan fingerprint density at radius 2 is 1.90 bits per heavy atom. The maximum atomic E-state index is 11.4. The number of carboxylic acids is 1. The van der Waals surface area contributed by atoms with E-state index in [-0.39, 0.29) is 0 Å². The highest BCUT2D eigenvalue weighted by Gasteiger charge is 2.13. The first-order valence-corrected chi connectivity index (χ1v) is 6.79. The van der Waals surface area contributed by atoms with Crippen LogP contribution >= 0.6 is 0 Å². The Kier molecular flexibility index (Phi) is 6.64. The molecule has 0 amide bonds. The molecule has 0 aliphatic carbocycles. The molecule has 0 atom stereocenters. The second-order valence-electron chi connectivity index (χ2n) is 4.49. The molecule has 0 fully saturated rings. The van der Waals surface area contributed by atoms with E-state index in [2.05, 4.69) is 6.92 Å². The summed E-state index contributed by atoms with van der Waals surface area (Å²) in [6, 6.07) is 5.15. The van der Waals surface area contributed by atoms with E-state index < -0.39 is 5.97 Å². The topological polar surface area (TPSA) is 55.8 Å². The van der Waals surface area contributed by atoms with E-state index in [1.807, 2.05) is 0 Å². The number of methoxy groups -OCH3 is 2. The van der Waals surface area contributed by atoms with Gasteiger partial charge in [-0.25, -0.2) is 4.79 Å². The van der Waals surface area contributed by atoms with Gasteiger partial charge in [-0.3, -0.25) is 0 Å². The number of aliphatic carboxylic acids is 1. The van der Waals surface area contributed by atoms with Crippen LogP contribution in [0.5, 0.6) is 11.5 Å². The second-order valence-corrected chi connectivity index (χ2v) is 4.49. The Morgan fingerprint density at radius 3 is 2.45 bits per heavy atom. The van der Waals surface area contributed by atoms with Gasteiger partial charge in [0.15, 0.2) is 11.5 Å². The minimum absolute atomic E-state index is 0.307. The zero-order valence-corrected chi connectivity index (χ0v) is 12.3. The van der Waals surface area contributed by atoms with Gasteiger partial charge in [-0.15, -0.1) is 0 Å². The van der Waals surface area contributed by atoms with E-state index in [1.165, 1.54) is 7.11 Å². The Balaban J connectivity index is 3.00. The van der Waals surface area contributed by atoms with Gasteiger partial charge < -0.3 is 14.6 Å². The fraction of sp³-hybridized carbons (Fsp3) is 0.438. The summed E-state index contributed by atoms with van der Waals surface area (Å²) in [6.45, 7) is 2.12. The highest BCUT2D eigenvalue weighted by atomic mass is 16.5. The average Bonchev–Trinajstić information content (AvgIpc) is 2.46. The van der Waals surface area contributed by atoms with Crippen molar-refractivity contribution in [3.63, 3.8) is 0 Å². The van der Waals surface area contributed by atoms with Crippen LogP contribution in [0.15, 0.2) is 24.3 Å². The fourth-order valence-electron chi connectivity index (χ4n) is 1.97. The number of hydrogen-bond acceptors (Lipinski definition) is 3. The maximum Gasteiger partial charge on any atom is 0.335 e. The van der Waals surface area contributed by atoms with E-state index in [0.29, 0.717) is 22.6 Å². The molecule has 4 nitrogen and oxygen atoms in total. The zero-order valence-electron chi connectivity index (χ0n) is 12.3. The minimum Gasteiger partial charge on any atom is -0.493 e. The molecule has 0 aromatic heterocycles. The first-order valence-electron chi connectivity index (χ1n) is 6.79. The van der Waals surface area contributed by atoms with Crippen LogP contribution in [-0.4, -0.2) is 25.3 Å². The third kappa shape index (κ3) is 4.30. The lowest BCUT2D eigenvalue weighted by atomic mass is 10.0. The Hall–Kier alpha value is -1.97. The number of hydrogen-bond donors (Lipinski definition) is 1. The molecule has 20 heavy (non-hydrogen) atoms. The predicted octanol–water partition coefficient (Wildman–Crippen LogP) is 3.75. The SMILES string of the molecule is CCCCCC=C(C(=O)O)c1ccc(OC)c(OC)c1. The van der Waals surface area contributed by atoms with Gasteiger partial charge in [0.25, 0.3) is 0 Å². The average molecular weight is 278 g/mol. The van der Waals surface area contributed by atoms with Gasteiger partial charge in [-0.1, -0.05) is 31.9 Å². The quantitative estimate of drug-likeness (QED) is 0.581. The Morgan fingerprint density at radius 1 is 1.20 bits per heavy atom. The minimum atomic E-state index is -0.922. The molecule has 1 aromatic rings. The van der Waals surface area contributed by atoms with E-state index in [0.717, 1.165) is 25.7 Å². The Labute approximate surface area is 120 Å². The molecular weight excluding hydrogens is 256 g/mol. The van der Waals surface area contributed by atoms with Crippen molar-refractivity contribution in [1.29, 1.82) is 0 Å². The number of ether oxygens (including phenoxy) is 2. The maximum absolute atomic E-state index is 11.4. The van der Waals surface area contributed by atoms with Crippen molar-refractivity contribution in [2.45, 2.75) is 32.6 Å². The van der Waals surface area contributed by atoms with Crippen molar-refractivity contribution < 1.29 is 19.4 Å². The number of rotatable bonds is 8. The van der Waals surface area contributed by atoms with Crippen LogP contribution in [-0.2, 0) is 4.79 Å². The normalized spacial score (nSPS) is 11.2. The first kappa shape index (κ1) is 16.1. The summed E-state index contributed by atoms with van der Waals surface area (Å²) < 4.78 is 10.4. The summed E-state index contributed by atoms with van der Waals surface area (Å²) in [5.74, 6) is 0.200. The number of unbranched alkanes of at least 4 members (excludes halogenated alkanes) is 3. The summed E-state index contributed by atoms with van der Waals surface area (Å²) in [5.41, 5.74) is 0.939. The summed E-state index contributed by atoms with van der Waals surface area (Å²) in [4.78, 5) is 11.4. The van der Waals surface area contributed by atoms with Gasteiger partial charge >= 0.3 is 5.97 Å². The number of allylic oxidation sites excluding steroid dienone is 1. The third-order valence-corrected chi connectivity index (χ3v) is 3.08. The number of carbonyl (C=O) groups is 1. The van der Waals surface area contributed by atoms with Crippen LogP contribution in [0, 0.1) is 0 Å². The van der Waals surface area contributed by atoms with Crippen molar-refractivity contribution in [1.82, 2.24) is 0 Å². The molecule has 0 bridgehead atoms. The van der Waals surface area contributed by atoms with Gasteiger partial charge in [-0.05, 0) is 30.5 Å². The summed E-state index contributed by atoms with van der Waals surface area (Å²) in [6.07, 6.45) is 5.77. The molecule has 0 heterocycles. The van der Waals surface area contributed by atoms with Gasteiger partial charge in [0.2, 0.25) is 0 Å². The van der Waals surface area contributed by atoms with Crippen molar-refractivity contribution in [3.05, 3.63) is 29.8 Å². The van der Waals surface area contributed by atoms with Crippen LogP contribution < -0.4 is 9.47 Å². The lowest BCUT2D eigenvalue weighted by molar-refractivity contribution is -0.130. The number of benzene rings is 1. The zero-order chi connectivity index (χ0) is 15.0. The van der Waals surface area contributed by atoms with Crippen molar-refractivity contribution >= 4 is 11.5 Å². The van der Waals surface area contributed by atoms with E-state index in [9.17, 15) is 9.90 Å². The molecule has 0 aliphatic rings. The molecular formula is C16H22O4. The predicted molar refractivity (Wildman–Crippen MR) is 79.3 cm³/mol. The molecule has 4 heteroatoms. The van der Waals surface area contributed by atoms with Crippen LogP contribution in [0.25, 0.3) is 5.57 Å². The molecule has 0 aliphatic heterocycles. The van der Waals surface area contributed by atoms with Crippen molar-refractivity contribution in [2.75, 3.05) is 14.2 Å². The highest BCUT2D eigenvalue weighted by Crippen LogP contribution is 2.30. The molecule has 1 aromatic carbocycles. The molecule has 0 saturated heterocycles. The standard InChI is InChI=1S/C16H22O4/c1-4-5-6-7-8-13(16(17)18)12-9-10-14(19-2)15(11-12)20-3/h8-11H,4-7H2,1-3H3,(H,17,18). The molecule has 0 unspecified atom stereocenters. The molecule has 1 N–H and O–H groups in total. The van der Waals surface area contributed by atoms with Crippen LogP contribution in [0.1, 0.15) is 38.2 Å². The van der Waals surface area contributed by atoms with Crippen LogP contribution in [0.3, 0.4) is 0 Å². The first-order chi connectivity index (χ1) is 9.63. The molecule has 0 saturated carbocycles. The second kappa shape index (κ2) is 8.25. The smallest absolute Gasteiger partial charge is 0.335 e. The summed E-state index contributed by atoms with van der Waals surface area (Å²) in [5, 5.41) is 9.33. The summed E-state index contributed by atoms with van der Waals surface area (Å²) in [7, 11) is 3.09. The Bertz CT molecular complexity index is 477. The number of carboxylic acid groups (broad SMARTS) is 1. The molecule has 110 valence electrons. The van der Waals surface area contributed by atoms with Gasteiger partial charge in [0, 0.05) is 0 Å². The van der Waals surface area contributed by atoms with Gasteiger partial charge in [0.05, 0.1) is 19.8 Å². The lowest BCUT2D eigenvalue weighted by Gasteiger charge is -2.10. The molecule has 0 radical (unpaired) electrons. The van der Waals surface area contributed by atoms with E-state index >= 15 is 0 Å². The molecule has 0 spiro atoms.